The van der Waals surface area contributed by atoms with Crippen LogP contribution in [0.5, 0.6) is 0 Å². The molecule has 96 valence electrons. The van der Waals surface area contributed by atoms with E-state index in [0.29, 0.717) is 18.0 Å². The number of aromatic nitrogens is 4. The molecule has 2 rings (SSSR count). The van der Waals surface area contributed by atoms with Gasteiger partial charge in [0.2, 0.25) is 0 Å². The van der Waals surface area contributed by atoms with Crippen molar-refractivity contribution in [3.8, 4) is 0 Å². The molecular weight excluding hydrogens is 216 g/mol. The van der Waals surface area contributed by atoms with Crippen LogP contribution >= 0.6 is 0 Å². The lowest BCUT2D eigenvalue weighted by Gasteiger charge is -2.37. The smallest absolute Gasteiger partial charge is 0.167 e. The van der Waals surface area contributed by atoms with Crippen LogP contribution in [0.3, 0.4) is 0 Å². The van der Waals surface area contributed by atoms with Crippen LogP contribution in [0.15, 0.2) is 0 Å². The van der Waals surface area contributed by atoms with E-state index in [2.05, 4.69) is 46.9 Å². The summed E-state index contributed by atoms with van der Waals surface area (Å²) in [5, 5.41) is 18.7. The normalized spacial score (nSPS) is 31.4. The molecule has 17 heavy (non-hydrogen) atoms. The van der Waals surface area contributed by atoms with Crippen molar-refractivity contribution in [3.63, 3.8) is 0 Å². The summed E-state index contributed by atoms with van der Waals surface area (Å²) in [6, 6.07) is 1.13. The lowest BCUT2D eigenvalue weighted by atomic mass is 9.88. The summed E-state index contributed by atoms with van der Waals surface area (Å²) < 4.78 is 1.73. The van der Waals surface area contributed by atoms with E-state index in [-0.39, 0.29) is 6.04 Å². The predicted octanol–water partition coefficient (Wildman–Crippen LogP) is 0.247. The number of nitrogens with one attached hydrogen (secondary N) is 2. The predicted molar refractivity (Wildman–Crippen MR) is 65.4 cm³/mol. The van der Waals surface area contributed by atoms with Crippen molar-refractivity contribution >= 4 is 0 Å². The van der Waals surface area contributed by atoms with E-state index in [1.807, 2.05) is 7.05 Å². The van der Waals surface area contributed by atoms with Gasteiger partial charge in [-0.25, -0.2) is 4.68 Å². The van der Waals surface area contributed by atoms with Gasteiger partial charge >= 0.3 is 0 Å². The molecule has 0 bridgehead atoms. The van der Waals surface area contributed by atoms with Crippen LogP contribution in [0.25, 0.3) is 0 Å². The molecule has 1 aliphatic heterocycles. The number of piperidine rings is 1. The molecular formula is C11H22N6. The largest absolute Gasteiger partial charge is 0.313 e. The average Bonchev–Trinajstić information content (AvgIpc) is 2.70. The Kier molecular flexibility index (Phi) is 3.73. The van der Waals surface area contributed by atoms with E-state index >= 15 is 0 Å². The maximum Gasteiger partial charge on any atom is 0.167 e. The third kappa shape index (κ3) is 2.63. The van der Waals surface area contributed by atoms with Crippen LogP contribution in [0.2, 0.25) is 0 Å². The molecule has 1 aromatic rings. The van der Waals surface area contributed by atoms with Crippen molar-refractivity contribution in [2.75, 3.05) is 6.54 Å². The standard InChI is InChI=1S/C11H22N6/c1-7-5-6-12-8(2)10(7)13-9(3)11-14-15-16-17(11)4/h7-10,12-13H,5-6H2,1-4H3. The summed E-state index contributed by atoms with van der Waals surface area (Å²) >= 11 is 0. The molecule has 1 fully saturated rings. The van der Waals surface area contributed by atoms with Gasteiger partial charge in [-0.2, -0.15) is 0 Å². The lowest BCUT2D eigenvalue weighted by molar-refractivity contribution is 0.223. The summed E-state index contributed by atoms with van der Waals surface area (Å²) in [5.41, 5.74) is 0. The molecule has 4 unspecified atom stereocenters. The third-order valence-electron chi connectivity index (χ3n) is 3.70. The van der Waals surface area contributed by atoms with Crippen molar-refractivity contribution < 1.29 is 0 Å². The van der Waals surface area contributed by atoms with Gasteiger partial charge in [0.15, 0.2) is 5.82 Å². The second-order valence-corrected chi connectivity index (χ2v) is 5.08. The van der Waals surface area contributed by atoms with Gasteiger partial charge in [0, 0.05) is 19.1 Å². The van der Waals surface area contributed by atoms with Crippen LogP contribution in [0.4, 0.5) is 0 Å². The highest BCUT2D eigenvalue weighted by Crippen LogP contribution is 2.19. The Morgan fingerprint density at radius 2 is 2.24 bits per heavy atom. The van der Waals surface area contributed by atoms with Crippen LogP contribution < -0.4 is 10.6 Å². The second-order valence-electron chi connectivity index (χ2n) is 5.08. The molecule has 2 heterocycles. The maximum atomic E-state index is 4.05. The van der Waals surface area contributed by atoms with Crippen molar-refractivity contribution in [1.82, 2.24) is 30.8 Å². The maximum absolute atomic E-state index is 4.05. The molecule has 1 aromatic heterocycles. The summed E-state index contributed by atoms with van der Waals surface area (Å²) in [4.78, 5) is 0. The van der Waals surface area contributed by atoms with Gasteiger partial charge in [-0.05, 0) is 43.2 Å². The minimum Gasteiger partial charge on any atom is -0.313 e. The fourth-order valence-corrected chi connectivity index (χ4v) is 2.61. The quantitative estimate of drug-likeness (QED) is 0.790. The van der Waals surface area contributed by atoms with Gasteiger partial charge in [0.1, 0.15) is 0 Å². The fraction of sp³-hybridized carbons (Fsp3) is 0.909. The summed E-state index contributed by atoms with van der Waals surface area (Å²) in [6.45, 7) is 7.76. The minimum atomic E-state index is 0.171. The van der Waals surface area contributed by atoms with E-state index in [4.69, 9.17) is 0 Å². The Morgan fingerprint density at radius 3 is 2.82 bits per heavy atom. The van der Waals surface area contributed by atoms with Crippen molar-refractivity contribution in [2.24, 2.45) is 13.0 Å². The van der Waals surface area contributed by atoms with Crippen LogP contribution in [-0.4, -0.2) is 38.8 Å². The monoisotopic (exact) mass is 238 g/mol. The van der Waals surface area contributed by atoms with Gasteiger partial charge < -0.3 is 10.6 Å². The molecule has 6 heteroatoms. The van der Waals surface area contributed by atoms with Gasteiger partial charge in [-0.1, -0.05) is 6.92 Å². The molecule has 0 amide bonds. The van der Waals surface area contributed by atoms with E-state index in [1.54, 1.807) is 4.68 Å². The number of aryl methyl sites for hydroxylation is 1. The molecule has 2 N–H and O–H groups in total. The highest BCUT2D eigenvalue weighted by Gasteiger charge is 2.29. The molecule has 1 saturated heterocycles. The molecule has 0 radical (unpaired) electrons. The average molecular weight is 238 g/mol. The Bertz CT molecular complexity index is 353. The van der Waals surface area contributed by atoms with E-state index in [9.17, 15) is 0 Å². The second kappa shape index (κ2) is 5.10. The summed E-state index contributed by atoms with van der Waals surface area (Å²) in [7, 11) is 1.87. The first-order valence-corrected chi connectivity index (χ1v) is 6.31. The molecule has 6 nitrogen and oxygen atoms in total. The third-order valence-corrected chi connectivity index (χ3v) is 3.70. The highest BCUT2D eigenvalue weighted by molar-refractivity contribution is 4.95. The van der Waals surface area contributed by atoms with Crippen LogP contribution in [0, 0.1) is 5.92 Å². The van der Waals surface area contributed by atoms with Crippen LogP contribution in [0.1, 0.15) is 39.1 Å². The van der Waals surface area contributed by atoms with Crippen molar-refractivity contribution in [1.29, 1.82) is 0 Å². The van der Waals surface area contributed by atoms with Gasteiger partial charge in [-0.15, -0.1) is 5.10 Å². The van der Waals surface area contributed by atoms with Crippen LogP contribution in [-0.2, 0) is 7.05 Å². The fourth-order valence-electron chi connectivity index (χ4n) is 2.61. The van der Waals surface area contributed by atoms with Gasteiger partial charge in [-0.3, -0.25) is 0 Å². The molecule has 0 aliphatic carbocycles. The number of hydrogen-bond acceptors (Lipinski definition) is 5. The Labute approximate surface area is 102 Å². The lowest BCUT2D eigenvalue weighted by Crippen LogP contribution is -2.55. The molecule has 1 aliphatic rings. The minimum absolute atomic E-state index is 0.171. The SMILES string of the molecule is CC(NC1C(C)CCNC1C)c1nnnn1C. The topological polar surface area (TPSA) is 67.7 Å². The van der Waals surface area contributed by atoms with E-state index < -0.39 is 0 Å². The summed E-state index contributed by atoms with van der Waals surface area (Å²) in [6.07, 6.45) is 1.21. The molecule has 0 aromatic carbocycles. The number of nitrogens with zero attached hydrogens (tertiary/aromatic N) is 4. The van der Waals surface area contributed by atoms with Crippen molar-refractivity contribution in [3.05, 3.63) is 5.82 Å². The first kappa shape index (κ1) is 12.4. The first-order chi connectivity index (χ1) is 8.09. The van der Waals surface area contributed by atoms with E-state index in [1.165, 1.54) is 6.42 Å². The Hall–Kier alpha value is -1.01. The van der Waals surface area contributed by atoms with E-state index in [0.717, 1.165) is 12.4 Å². The Balaban J connectivity index is 2.02. The first-order valence-electron chi connectivity index (χ1n) is 6.31. The number of rotatable bonds is 3. The molecule has 4 atom stereocenters. The van der Waals surface area contributed by atoms with Gasteiger partial charge in [0.05, 0.1) is 6.04 Å². The Morgan fingerprint density at radius 1 is 1.47 bits per heavy atom. The van der Waals surface area contributed by atoms with Crippen molar-refractivity contribution in [2.45, 2.75) is 45.3 Å². The van der Waals surface area contributed by atoms with Gasteiger partial charge in [0.25, 0.3) is 0 Å². The number of hydrogen-bond donors (Lipinski definition) is 2. The zero-order valence-electron chi connectivity index (χ0n) is 11.0. The molecule has 0 saturated carbocycles. The summed E-state index contributed by atoms with van der Waals surface area (Å²) in [5.74, 6) is 1.56. The zero-order valence-corrected chi connectivity index (χ0v) is 11.0. The number of tetrazole rings is 1. The highest BCUT2D eigenvalue weighted by atomic mass is 15.5. The zero-order chi connectivity index (χ0) is 12.4. The molecule has 0 spiro atoms.